The second kappa shape index (κ2) is 10.1. The Morgan fingerprint density at radius 1 is 1.21 bits per heavy atom. The van der Waals surface area contributed by atoms with Crippen molar-refractivity contribution >= 4 is 17.3 Å². The number of aromatic nitrogens is 1. The third-order valence-electron chi connectivity index (χ3n) is 3.44. The molecule has 0 amide bonds. The van der Waals surface area contributed by atoms with Gasteiger partial charge >= 0.3 is 0 Å². The zero-order valence-electron chi connectivity index (χ0n) is 14.6. The van der Waals surface area contributed by atoms with Gasteiger partial charge in [-0.3, -0.25) is 0 Å². The number of hydrogen-bond donors (Lipinski definition) is 2. The van der Waals surface area contributed by atoms with Gasteiger partial charge in [-0.05, 0) is 26.3 Å². The number of aliphatic imine (C=N–C) groups is 1. The van der Waals surface area contributed by atoms with E-state index in [1.54, 1.807) is 11.3 Å². The Morgan fingerprint density at radius 3 is 2.67 bits per heavy atom. The van der Waals surface area contributed by atoms with E-state index in [9.17, 15) is 0 Å². The Hall–Kier alpha value is -1.92. The van der Waals surface area contributed by atoms with Gasteiger partial charge in [0.05, 0.1) is 25.5 Å². The van der Waals surface area contributed by atoms with Gasteiger partial charge in [0.15, 0.2) is 5.96 Å². The normalized spacial score (nSPS) is 11.5. The van der Waals surface area contributed by atoms with Gasteiger partial charge in [-0.15, -0.1) is 11.3 Å². The summed E-state index contributed by atoms with van der Waals surface area (Å²) in [6.07, 6.45) is 0. The molecule has 0 aliphatic rings. The number of nitrogens with one attached hydrogen (secondary N) is 2. The first-order valence-corrected chi connectivity index (χ1v) is 9.07. The number of hydrogen-bond acceptors (Lipinski definition) is 4. The molecule has 0 spiro atoms. The van der Waals surface area contributed by atoms with E-state index in [-0.39, 0.29) is 0 Å². The molecule has 24 heavy (non-hydrogen) atoms. The van der Waals surface area contributed by atoms with E-state index in [2.05, 4.69) is 46.6 Å². The fraction of sp³-hybridized carbons (Fsp3) is 0.444. The summed E-state index contributed by atoms with van der Waals surface area (Å²) >= 11 is 1.71. The maximum absolute atomic E-state index is 5.67. The number of rotatable bonds is 8. The summed E-state index contributed by atoms with van der Waals surface area (Å²) in [7, 11) is 0. The van der Waals surface area contributed by atoms with Crippen molar-refractivity contribution in [1.82, 2.24) is 15.6 Å². The summed E-state index contributed by atoms with van der Waals surface area (Å²) in [5.41, 5.74) is 2.28. The lowest BCUT2D eigenvalue weighted by molar-refractivity contribution is 0.125. The zero-order valence-corrected chi connectivity index (χ0v) is 15.4. The summed E-state index contributed by atoms with van der Waals surface area (Å²) in [6, 6.07) is 10.2. The van der Waals surface area contributed by atoms with E-state index in [1.165, 1.54) is 10.4 Å². The van der Waals surface area contributed by atoms with E-state index >= 15 is 0 Å². The first-order chi connectivity index (χ1) is 11.7. The molecule has 1 heterocycles. The summed E-state index contributed by atoms with van der Waals surface area (Å²) < 4.78 is 5.67. The van der Waals surface area contributed by atoms with Crippen LogP contribution in [0.15, 0.2) is 35.3 Å². The number of aryl methyl sites for hydroxylation is 2. The number of ether oxygens (including phenoxy) is 1. The highest BCUT2D eigenvalue weighted by Crippen LogP contribution is 2.16. The summed E-state index contributed by atoms with van der Waals surface area (Å²) in [4.78, 5) is 10.4. The number of nitrogens with zero attached hydrogens (tertiary/aromatic N) is 2. The molecular formula is C18H26N4OS. The fourth-order valence-corrected chi connectivity index (χ4v) is 2.96. The van der Waals surface area contributed by atoms with Crippen LogP contribution in [-0.4, -0.2) is 30.6 Å². The van der Waals surface area contributed by atoms with Gasteiger partial charge in [-0.1, -0.05) is 30.3 Å². The monoisotopic (exact) mass is 346 g/mol. The van der Waals surface area contributed by atoms with Crippen LogP contribution in [0, 0.1) is 13.8 Å². The highest BCUT2D eigenvalue weighted by Gasteiger charge is 2.03. The predicted molar refractivity (Wildman–Crippen MR) is 101 cm³/mol. The van der Waals surface area contributed by atoms with Crippen molar-refractivity contribution in [3.05, 3.63) is 51.5 Å². The SMILES string of the molecule is CCNC(=NCc1nc(C)c(C)s1)NCCOCc1ccccc1. The Labute approximate surface area is 148 Å². The average molecular weight is 347 g/mol. The van der Waals surface area contributed by atoms with Crippen LogP contribution >= 0.6 is 11.3 Å². The van der Waals surface area contributed by atoms with Crippen molar-refractivity contribution in [2.75, 3.05) is 19.7 Å². The van der Waals surface area contributed by atoms with Crippen LogP contribution in [0.2, 0.25) is 0 Å². The molecule has 0 bridgehead atoms. The third-order valence-corrected chi connectivity index (χ3v) is 4.50. The van der Waals surface area contributed by atoms with Crippen LogP contribution in [0.25, 0.3) is 0 Å². The summed E-state index contributed by atoms with van der Waals surface area (Å²) in [5.74, 6) is 0.798. The molecule has 0 aliphatic heterocycles. The molecule has 2 aromatic rings. The number of thiazole rings is 1. The lowest BCUT2D eigenvalue weighted by Crippen LogP contribution is -2.38. The minimum Gasteiger partial charge on any atom is -0.375 e. The van der Waals surface area contributed by atoms with Crippen molar-refractivity contribution in [2.24, 2.45) is 4.99 Å². The maximum atomic E-state index is 5.67. The number of guanidine groups is 1. The van der Waals surface area contributed by atoms with Crippen LogP contribution < -0.4 is 10.6 Å². The van der Waals surface area contributed by atoms with Gasteiger partial charge in [0.1, 0.15) is 5.01 Å². The average Bonchev–Trinajstić information content (AvgIpc) is 2.91. The van der Waals surface area contributed by atoms with Gasteiger partial charge in [0, 0.05) is 18.0 Å². The van der Waals surface area contributed by atoms with Gasteiger partial charge in [0.2, 0.25) is 0 Å². The molecule has 1 aromatic carbocycles. The van der Waals surface area contributed by atoms with Crippen LogP contribution in [0.4, 0.5) is 0 Å². The topological polar surface area (TPSA) is 58.5 Å². The molecule has 2 N–H and O–H groups in total. The molecule has 130 valence electrons. The van der Waals surface area contributed by atoms with Crippen molar-refractivity contribution in [3.8, 4) is 0 Å². The molecular weight excluding hydrogens is 320 g/mol. The fourth-order valence-electron chi connectivity index (χ4n) is 2.10. The lowest BCUT2D eigenvalue weighted by atomic mass is 10.2. The Balaban J connectivity index is 1.73. The first kappa shape index (κ1) is 18.4. The van der Waals surface area contributed by atoms with Crippen LogP contribution in [0.3, 0.4) is 0 Å². The summed E-state index contributed by atoms with van der Waals surface area (Å²) in [5, 5.41) is 7.58. The minimum absolute atomic E-state index is 0.597. The van der Waals surface area contributed by atoms with Crippen molar-refractivity contribution in [2.45, 2.75) is 33.9 Å². The standard InChI is InChI=1S/C18H26N4OS/c1-4-19-18(21-12-17-22-14(2)15(3)24-17)20-10-11-23-13-16-8-6-5-7-9-16/h5-9H,4,10-13H2,1-3H3,(H2,19,20,21). The molecule has 0 atom stereocenters. The van der Waals surface area contributed by atoms with E-state index < -0.39 is 0 Å². The largest absolute Gasteiger partial charge is 0.375 e. The first-order valence-electron chi connectivity index (χ1n) is 8.25. The van der Waals surface area contributed by atoms with Crippen LogP contribution in [0.1, 0.15) is 28.1 Å². The molecule has 1 aromatic heterocycles. The number of benzene rings is 1. The zero-order chi connectivity index (χ0) is 17.2. The quantitative estimate of drug-likeness (QED) is 0.438. The Kier molecular flexibility index (Phi) is 7.71. The smallest absolute Gasteiger partial charge is 0.191 e. The van der Waals surface area contributed by atoms with E-state index in [1.807, 2.05) is 25.1 Å². The minimum atomic E-state index is 0.597. The van der Waals surface area contributed by atoms with Crippen molar-refractivity contribution in [1.29, 1.82) is 0 Å². The van der Waals surface area contributed by atoms with Gasteiger partial charge in [-0.2, -0.15) is 0 Å². The Bertz CT molecular complexity index is 620. The second-order valence-corrected chi connectivity index (χ2v) is 6.70. The van der Waals surface area contributed by atoms with Crippen LogP contribution in [-0.2, 0) is 17.9 Å². The van der Waals surface area contributed by atoms with Crippen molar-refractivity contribution < 1.29 is 4.74 Å². The Morgan fingerprint density at radius 2 is 2.00 bits per heavy atom. The van der Waals surface area contributed by atoms with Gasteiger partial charge < -0.3 is 15.4 Å². The molecule has 0 fully saturated rings. The molecule has 0 unspecified atom stereocenters. The van der Waals surface area contributed by atoms with E-state index in [4.69, 9.17) is 4.74 Å². The van der Waals surface area contributed by atoms with E-state index in [0.717, 1.165) is 23.2 Å². The third kappa shape index (κ3) is 6.29. The van der Waals surface area contributed by atoms with Gasteiger partial charge in [0.25, 0.3) is 0 Å². The highest BCUT2D eigenvalue weighted by atomic mass is 32.1. The molecule has 5 nitrogen and oxygen atoms in total. The molecule has 0 saturated heterocycles. The molecule has 0 radical (unpaired) electrons. The van der Waals surface area contributed by atoms with E-state index in [0.29, 0.717) is 26.3 Å². The molecule has 0 aliphatic carbocycles. The lowest BCUT2D eigenvalue weighted by Gasteiger charge is -2.11. The van der Waals surface area contributed by atoms with Crippen LogP contribution in [0.5, 0.6) is 0 Å². The van der Waals surface area contributed by atoms with Crippen molar-refractivity contribution in [3.63, 3.8) is 0 Å². The maximum Gasteiger partial charge on any atom is 0.191 e. The second-order valence-electron chi connectivity index (χ2n) is 5.41. The molecule has 2 rings (SSSR count). The molecule has 6 heteroatoms. The van der Waals surface area contributed by atoms with Gasteiger partial charge in [-0.25, -0.2) is 9.98 Å². The summed E-state index contributed by atoms with van der Waals surface area (Å²) in [6.45, 7) is 9.59. The highest BCUT2D eigenvalue weighted by molar-refractivity contribution is 7.11. The molecule has 0 saturated carbocycles. The predicted octanol–water partition coefficient (Wildman–Crippen LogP) is 3.03.